The molecular weight excluding hydrogens is 266 g/mol. The number of nitrogens with zero attached hydrogens (tertiary/aromatic N) is 3. The predicted octanol–water partition coefficient (Wildman–Crippen LogP) is 1.33. The molecule has 0 unspecified atom stereocenters. The van der Waals surface area contributed by atoms with Crippen LogP contribution in [0.2, 0.25) is 0 Å². The molecular formula is C15H21N5O. The number of rotatable bonds is 4. The van der Waals surface area contributed by atoms with Crippen LogP contribution in [0.4, 0.5) is 5.95 Å². The normalized spacial score (nSPS) is 16.2. The number of nitrogens with one attached hydrogen (secondary N) is 1. The number of hydrogen-bond donors (Lipinski definition) is 2. The molecule has 3 rings (SSSR count). The van der Waals surface area contributed by atoms with Crippen LogP contribution in [0.5, 0.6) is 5.75 Å². The summed E-state index contributed by atoms with van der Waals surface area (Å²) >= 11 is 0. The quantitative estimate of drug-likeness (QED) is 0.887. The third kappa shape index (κ3) is 3.16. The van der Waals surface area contributed by atoms with E-state index in [4.69, 9.17) is 10.5 Å². The lowest BCUT2D eigenvalue weighted by Crippen LogP contribution is -2.40. The minimum Gasteiger partial charge on any atom is -0.496 e. The molecule has 1 saturated heterocycles. The smallest absolute Gasteiger partial charge is 0.244 e. The van der Waals surface area contributed by atoms with Crippen molar-refractivity contribution in [3.05, 3.63) is 35.7 Å². The molecule has 1 aromatic heterocycles. The Balaban J connectivity index is 1.70. The number of anilines is 1. The number of aromatic nitrogens is 3. The standard InChI is InChI=1S/C15H21N5O/c1-21-13-5-3-2-4-11(13)10-14-17-15(19-18-14)20-8-6-12(16)7-9-20/h2-5,12H,6-10,16H2,1H3,(H,17,18,19). The highest BCUT2D eigenvalue weighted by Crippen LogP contribution is 2.21. The predicted molar refractivity (Wildman–Crippen MR) is 81.6 cm³/mol. The second-order valence-electron chi connectivity index (χ2n) is 5.40. The number of H-pyrrole nitrogens is 1. The molecule has 0 radical (unpaired) electrons. The zero-order chi connectivity index (χ0) is 14.7. The number of nitrogens with two attached hydrogens (primary N) is 1. The summed E-state index contributed by atoms with van der Waals surface area (Å²) in [5.41, 5.74) is 7.03. The SMILES string of the molecule is COc1ccccc1Cc1nc(N2CCC(N)CC2)n[nH]1. The summed E-state index contributed by atoms with van der Waals surface area (Å²) in [6, 6.07) is 8.28. The van der Waals surface area contributed by atoms with Crippen molar-refractivity contribution in [2.24, 2.45) is 5.73 Å². The van der Waals surface area contributed by atoms with Crippen LogP contribution in [0.25, 0.3) is 0 Å². The summed E-state index contributed by atoms with van der Waals surface area (Å²) in [6.07, 6.45) is 2.68. The molecule has 2 heterocycles. The topological polar surface area (TPSA) is 80.1 Å². The molecule has 21 heavy (non-hydrogen) atoms. The van der Waals surface area contributed by atoms with Crippen molar-refractivity contribution in [1.29, 1.82) is 0 Å². The van der Waals surface area contributed by atoms with Gasteiger partial charge in [0.25, 0.3) is 0 Å². The van der Waals surface area contributed by atoms with E-state index in [1.807, 2.05) is 24.3 Å². The van der Waals surface area contributed by atoms with E-state index in [1.165, 1.54) is 0 Å². The van der Waals surface area contributed by atoms with Gasteiger partial charge in [-0.15, -0.1) is 5.10 Å². The van der Waals surface area contributed by atoms with E-state index in [9.17, 15) is 0 Å². The maximum Gasteiger partial charge on any atom is 0.244 e. The van der Waals surface area contributed by atoms with E-state index in [1.54, 1.807) is 7.11 Å². The van der Waals surface area contributed by atoms with E-state index in [2.05, 4.69) is 20.1 Å². The Morgan fingerprint density at radius 3 is 2.86 bits per heavy atom. The molecule has 0 atom stereocenters. The van der Waals surface area contributed by atoms with Crippen LogP contribution in [0, 0.1) is 0 Å². The number of aromatic amines is 1. The maximum atomic E-state index is 5.93. The van der Waals surface area contributed by atoms with E-state index < -0.39 is 0 Å². The lowest BCUT2D eigenvalue weighted by molar-refractivity contribution is 0.410. The summed E-state index contributed by atoms with van der Waals surface area (Å²) < 4.78 is 5.37. The molecule has 0 amide bonds. The molecule has 0 aliphatic carbocycles. The van der Waals surface area contributed by atoms with Crippen LogP contribution in [-0.4, -0.2) is 41.4 Å². The minimum atomic E-state index is 0.313. The fraction of sp³-hybridized carbons (Fsp3) is 0.467. The Labute approximate surface area is 124 Å². The van der Waals surface area contributed by atoms with E-state index in [0.717, 1.165) is 49.0 Å². The first-order valence-electron chi connectivity index (χ1n) is 7.30. The van der Waals surface area contributed by atoms with Gasteiger partial charge < -0.3 is 15.4 Å². The first-order chi connectivity index (χ1) is 10.3. The Bertz CT molecular complexity index is 589. The Hall–Kier alpha value is -2.08. The third-order valence-corrected chi connectivity index (χ3v) is 3.89. The zero-order valence-corrected chi connectivity index (χ0v) is 12.2. The van der Waals surface area contributed by atoms with Crippen LogP contribution in [0.1, 0.15) is 24.2 Å². The second kappa shape index (κ2) is 6.13. The molecule has 2 aromatic rings. The summed E-state index contributed by atoms with van der Waals surface area (Å²) in [5.74, 6) is 2.50. The molecule has 0 spiro atoms. The lowest BCUT2D eigenvalue weighted by Gasteiger charge is -2.28. The van der Waals surface area contributed by atoms with Gasteiger partial charge in [0.05, 0.1) is 7.11 Å². The van der Waals surface area contributed by atoms with Crippen molar-refractivity contribution in [1.82, 2.24) is 15.2 Å². The highest BCUT2D eigenvalue weighted by molar-refractivity contribution is 5.36. The van der Waals surface area contributed by atoms with Crippen molar-refractivity contribution in [3.8, 4) is 5.75 Å². The van der Waals surface area contributed by atoms with Gasteiger partial charge in [-0.05, 0) is 18.9 Å². The van der Waals surface area contributed by atoms with Gasteiger partial charge in [-0.2, -0.15) is 4.98 Å². The first kappa shape index (κ1) is 13.9. The van der Waals surface area contributed by atoms with Crippen molar-refractivity contribution in [2.45, 2.75) is 25.3 Å². The Kier molecular flexibility index (Phi) is 4.06. The van der Waals surface area contributed by atoms with Crippen molar-refractivity contribution in [3.63, 3.8) is 0 Å². The molecule has 3 N–H and O–H groups in total. The van der Waals surface area contributed by atoms with Gasteiger partial charge in [0, 0.05) is 31.1 Å². The third-order valence-electron chi connectivity index (χ3n) is 3.89. The first-order valence-corrected chi connectivity index (χ1v) is 7.30. The largest absolute Gasteiger partial charge is 0.496 e. The molecule has 0 bridgehead atoms. The molecule has 0 saturated carbocycles. The van der Waals surface area contributed by atoms with Gasteiger partial charge >= 0.3 is 0 Å². The van der Waals surface area contributed by atoms with Gasteiger partial charge in [-0.25, -0.2) is 0 Å². The average molecular weight is 287 g/mol. The summed E-state index contributed by atoms with van der Waals surface area (Å²) in [5, 5.41) is 7.35. The van der Waals surface area contributed by atoms with Crippen LogP contribution < -0.4 is 15.4 Å². The fourth-order valence-corrected chi connectivity index (χ4v) is 2.63. The van der Waals surface area contributed by atoms with Gasteiger partial charge in [0.15, 0.2) is 0 Å². The molecule has 6 nitrogen and oxygen atoms in total. The maximum absolute atomic E-state index is 5.93. The zero-order valence-electron chi connectivity index (χ0n) is 12.2. The highest BCUT2D eigenvalue weighted by atomic mass is 16.5. The molecule has 1 aromatic carbocycles. The number of para-hydroxylation sites is 1. The van der Waals surface area contributed by atoms with Gasteiger partial charge in [-0.1, -0.05) is 18.2 Å². The van der Waals surface area contributed by atoms with Crippen LogP contribution in [0.3, 0.4) is 0 Å². The fourth-order valence-electron chi connectivity index (χ4n) is 2.63. The number of benzene rings is 1. The van der Waals surface area contributed by atoms with E-state index in [0.29, 0.717) is 12.5 Å². The summed E-state index contributed by atoms with van der Waals surface area (Å²) in [6.45, 7) is 1.85. The monoisotopic (exact) mass is 287 g/mol. The lowest BCUT2D eigenvalue weighted by atomic mass is 10.1. The van der Waals surface area contributed by atoms with Crippen LogP contribution >= 0.6 is 0 Å². The highest BCUT2D eigenvalue weighted by Gasteiger charge is 2.19. The molecule has 1 aliphatic heterocycles. The van der Waals surface area contributed by atoms with E-state index >= 15 is 0 Å². The number of piperidine rings is 1. The van der Waals surface area contributed by atoms with Crippen molar-refractivity contribution >= 4 is 5.95 Å². The number of methoxy groups -OCH3 is 1. The Morgan fingerprint density at radius 2 is 2.10 bits per heavy atom. The number of hydrogen-bond acceptors (Lipinski definition) is 5. The van der Waals surface area contributed by atoms with Crippen LogP contribution in [-0.2, 0) is 6.42 Å². The summed E-state index contributed by atoms with van der Waals surface area (Å²) in [7, 11) is 1.68. The van der Waals surface area contributed by atoms with Gasteiger partial charge in [-0.3, -0.25) is 5.10 Å². The summed E-state index contributed by atoms with van der Waals surface area (Å²) in [4.78, 5) is 6.78. The average Bonchev–Trinajstić information content (AvgIpc) is 2.97. The second-order valence-corrected chi connectivity index (χ2v) is 5.40. The molecule has 1 aliphatic rings. The molecule has 1 fully saturated rings. The van der Waals surface area contributed by atoms with Gasteiger partial charge in [0.2, 0.25) is 5.95 Å². The van der Waals surface area contributed by atoms with E-state index in [-0.39, 0.29) is 0 Å². The Morgan fingerprint density at radius 1 is 1.33 bits per heavy atom. The van der Waals surface area contributed by atoms with Crippen LogP contribution in [0.15, 0.2) is 24.3 Å². The molecule has 6 heteroatoms. The van der Waals surface area contributed by atoms with Crippen molar-refractivity contribution < 1.29 is 4.74 Å². The van der Waals surface area contributed by atoms with Crippen molar-refractivity contribution in [2.75, 3.05) is 25.1 Å². The number of ether oxygens (including phenoxy) is 1. The molecule has 112 valence electrons. The van der Waals surface area contributed by atoms with Gasteiger partial charge in [0.1, 0.15) is 11.6 Å². The minimum absolute atomic E-state index is 0.313.